The van der Waals surface area contributed by atoms with Crippen molar-refractivity contribution in [1.29, 1.82) is 0 Å². The van der Waals surface area contributed by atoms with Crippen LogP contribution >= 0.6 is 0 Å². The number of benzene rings is 1. The van der Waals surface area contributed by atoms with Gasteiger partial charge in [-0.1, -0.05) is 19.3 Å². The van der Waals surface area contributed by atoms with E-state index in [1.807, 2.05) is 41.3 Å². The van der Waals surface area contributed by atoms with Crippen LogP contribution in [-0.2, 0) is 9.59 Å². The number of carbonyl (C=O) groups excluding carboxylic acids is 2. The predicted octanol–water partition coefficient (Wildman–Crippen LogP) is 3.89. The minimum absolute atomic E-state index is 0.0278. The molecule has 0 spiro atoms. The lowest BCUT2D eigenvalue weighted by molar-refractivity contribution is -0.138. The zero-order valence-corrected chi connectivity index (χ0v) is 20.3. The fourth-order valence-electron chi connectivity index (χ4n) is 5.50. The quantitative estimate of drug-likeness (QED) is 0.679. The molecule has 2 aromatic rings. The maximum atomic E-state index is 12.8. The molecule has 8 heteroatoms. The average molecular weight is 478 g/mol. The van der Waals surface area contributed by atoms with Crippen LogP contribution in [-0.4, -0.2) is 59.2 Å². The van der Waals surface area contributed by atoms with E-state index in [0.29, 0.717) is 12.5 Å². The maximum absolute atomic E-state index is 12.8. The summed E-state index contributed by atoms with van der Waals surface area (Å²) in [7, 11) is 0. The summed E-state index contributed by atoms with van der Waals surface area (Å²) in [5.41, 5.74) is 0.771. The molecule has 1 aliphatic carbocycles. The molecule has 1 aromatic carbocycles. The molecule has 1 atom stereocenters. The Morgan fingerprint density at radius 1 is 0.886 bits per heavy atom. The Kier molecular flexibility index (Phi) is 7.45. The van der Waals surface area contributed by atoms with Gasteiger partial charge in [-0.2, -0.15) is 5.10 Å². The standard InChI is InChI=1S/C27H35N5O3/c33-26(21-12-16-32(19-21)25-7-4-15-28-30-25)29-22-8-10-23(11-9-22)35-24-13-17-31(18-14-24)27(34)20-5-2-1-3-6-20/h4,7-11,15,20-21,24H,1-3,5-6,12-14,16-19H2,(H,29,33)/t21-/m0/s1. The zero-order valence-electron chi connectivity index (χ0n) is 20.3. The van der Waals surface area contributed by atoms with Crippen LogP contribution in [0, 0.1) is 11.8 Å². The molecule has 186 valence electrons. The summed E-state index contributed by atoms with van der Waals surface area (Å²) in [5, 5.41) is 11.1. The lowest BCUT2D eigenvalue weighted by Gasteiger charge is -2.35. The van der Waals surface area contributed by atoms with Gasteiger partial charge in [0, 0.05) is 56.8 Å². The van der Waals surface area contributed by atoms with E-state index in [2.05, 4.69) is 20.4 Å². The van der Waals surface area contributed by atoms with Crippen molar-refractivity contribution in [2.24, 2.45) is 11.8 Å². The third kappa shape index (κ3) is 5.92. The first-order chi connectivity index (χ1) is 17.2. The Bertz CT molecular complexity index is 986. The number of likely N-dealkylation sites (tertiary alicyclic amines) is 1. The Hall–Kier alpha value is -3.16. The molecule has 0 radical (unpaired) electrons. The second-order valence-corrected chi connectivity index (χ2v) is 10.0. The van der Waals surface area contributed by atoms with Gasteiger partial charge in [-0.3, -0.25) is 9.59 Å². The SMILES string of the molecule is O=C(Nc1ccc(OC2CCN(C(=O)C3CCCCC3)CC2)cc1)[C@H]1CCN(c2cccnn2)C1. The third-order valence-corrected chi connectivity index (χ3v) is 7.57. The van der Waals surface area contributed by atoms with Gasteiger partial charge in [-0.15, -0.1) is 5.10 Å². The van der Waals surface area contributed by atoms with E-state index in [1.165, 1.54) is 19.3 Å². The first-order valence-corrected chi connectivity index (χ1v) is 13.0. The number of hydrogen-bond donors (Lipinski definition) is 1. The summed E-state index contributed by atoms with van der Waals surface area (Å²) in [6, 6.07) is 11.4. The van der Waals surface area contributed by atoms with Crippen LogP contribution < -0.4 is 15.0 Å². The molecule has 2 aliphatic heterocycles. The van der Waals surface area contributed by atoms with Crippen molar-refractivity contribution < 1.29 is 14.3 Å². The Morgan fingerprint density at radius 2 is 1.66 bits per heavy atom. The molecule has 2 amide bonds. The van der Waals surface area contributed by atoms with Gasteiger partial charge in [0.25, 0.3) is 0 Å². The minimum atomic E-state index is -0.0746. The van der Waals surface area contributed by atoms with E-state index >= 15 is 0 Å². The van der Waals surface area contributed by atoms with Crippen LogP contribution in [0.15, 0.2) is 42.6 Å². The highest BCUT2D eigenvalue weighted by Crippen LogP contribution is 2.28. The molecular formula is C27H35N5O3. The summed E-state index contributed by atoms with van der Waals surface area (Å²) >= 11 is 0. The van der Waals surface area contributed by atoms with E-state index in [1.54, 1.807) is 6.20 Å². The molecular weight excluding hydrogens is 442 g/mol. The number of ether oxygens (including phenoxy) is 1. The largest absolute Gasteiger partial charge is 0.490 e. The first-order valence-electron chi connectivity index (χ1n) is 13.0. The molecule has 1 aromatic heterocycles. The van der Waals surface area contributed by atoms with E-state index in [0.717, 1.165) is 69.0 Å². The van der Waals surface area contributed by atoms with Gasteiger partial charge in [-0.05, 0) is 55.7 Å². The minimum Gasteiger partial charge on any atom is -0.490 e. The number of anilines is 2. The van der Waals surface area contributed by atoms with Gasteiger partial charge in [-0.25, -0.2) is 0 Å². The van der Waals surface area contributed by atoms with E-state index in [-0.39, 0.29) is 23.8 Å². The van der Waals surface area contributed by atoms with Gasteiger partial charge in [0.2, 0.25) is 11.8 Å². The van der Waals surface area contributed by atoms with E-state index in [9.17, 15) is 9.59 Å². The van der Waals surface area contributed by atoms with Gasteiger partial charge >= 0.3 is 0 Å². The van der Waals surface area contributed by atoms with Gasteiger partial charge in [0.05, 0.1) is 5.92 Å². The van der Waals surface area contributed by atoms with Crippen molar-refractivity contribution in [2.75, 3.05) is 36.4 Å². The molecule has 0 bridgehead atoms. The first kappa shape index (κ1) is 23.6. The molecule has 3 heterocycles. The number of rotatable bonds is 6. The molecule has 1 saturated carbocycles. The molecule has 3 aliphatic rings. The van der Waals surface area contributed by atoms with Crippen LogP contribution in [0.5, 0.6) is 5.75 Å². The number of nitrogens with zero attached hydrogens (tertiary/aromatic N) is 4. The summed E-state index contributed by atoms with van der Waals surface area (Å²) < 4.78 is 6.18. The van der Waals surface area contributed by atoms with Crippen LogP contribution in [0.2, 0.25) is 0 Å². The Morgan fingerprint density at radius 3 is 2.37 bits per heavy atom. The van der Waals surface area contributed by atoms with Crippen LogP contribution in [0.3, 0.4) is 0 Å². The second-order valence-electron chi connectivity index (χ2n) is 10.0. The maximum Gasteiger partial charge on any atom is 0.229 e. The third-order valence-electron chi connectivity index (χ3n) is 7.57. The molecule has 2 saturated heterocycles. The smallest absolute Gasteiger partial charge is 0.229 e. The van der Waals surface area contributed by atoms with Gasteiger partial charge in [0.15, 0.2) is 5.82 Å². The highest BCUT2D eigenvalue weighted by atomic mass is 16.5. The summed E-state index contributed by atoms with van der Waals surface area (Å²) in [5.74, 6) is 2.16. The van der Waals surface area contributed by atoms with Crippen molar-refractivity contribution in [3.63, 3.8) is 0 Å². The molecule has 3 fully saturated rings. The topological polar surface area (TPSA) is 87.7 Å². The number of aromatic nitrogens is 2. The Labute approximate surface area is 207 Å². The molecule has 35 heavy (non-hydrogen) atoms. The number of nitrogens with one attached hydrogen (secondary N) is 1. The fourth-order valence-corrected chi connectivity index (χ4v) is 5.50. The van der Waals surface area contributed by atoms with Gasteiger partial charge < -0.3 is 19.9 Å². The average Bonchev–Trinajstić information content (AvgIpc) is 3.42. The monoisotopic (exact) mass is 477 g/mol. The molecule has 1 N–H and O–H groups in total. The van der Waals surface area contributed by atoms with E-state index in [4.69, 9.17) is 4.74 Å². The molecule has 8 nitrogen and oxygen atoms in total. The van der Waals surface area contributed by atoms with Crippen molar-refractivity contribution >= 4 is 23.3 Å². The summed E-state index contributed by atoms with van der Waals surface area (Å²) in [6.07, 6.45) is 10.1. The molecule has 0 unspecified atom stereocenters. The van der Waals surface area contributed by atoms with Crippen molar-refractivity contribution in [3.8, 4) is 5.75 Å². The lowest BCUT2D eigenvalue weighted by Crippen LogP contribution is -2.44. The van der Waals surface area contributed by atoms with Crippen LogP contribution in [0.4, 0.5) is 11.5 Å². The van der Waals surface area contributed by atoms with Crippen LogP contribution in [0.1, 0.15) is 51.4 Å². The fraction of sp³-hybridized carbons (Fsp3) is 0.556. The molecule has 5 rings (SSSR count). The van der Waals surface area contributed by atoms with Crippen molar-refractivity contribution in [2.45, 2.75) is 57.5 Å². The lowest BCUT2D eigenvalue weighted by atomic mass is 9.88. The van der Waals surface area contributed by atoms with Crippen molar-refractivity contribution in [1.82, 2.24) is 15.1 Å². The predicted molar refractivity (Wildman–Crippen MR) is 134 cm³/mol. The number of amides is 2. The zero-order chi connectivity index (χ0) is 24.0. The highest BCUT2D eigenvalue weighted by molar-refractivity contribution is 5.93. The Balaban J connectivity index is 1.06. The van der Waals surface area contributed by atoms with E-state index < -0.39 is 0 Å². The number of carbonyl (C=O) groups is 2. The summed E-state index contributed by atoms with van der Waals surface area (Å²) in [6.45, 7) is 3.00. The van der Waals surface area contributed by atoms with Gasteiger partial charge in [0.1, 0.15) is 11.9 Å². The highest BCUT2D eigenvalue weighted by Gasteiger charge is 2.30. The normalized spacial score (nSPS) is 21.7. The summed E-state index contributed by atoms with van der Waals surface area (Å²) in [4.78, 5) is 29.7. The number of hydrogen-bond acceptors (Lipinski definition) is 6. The second kappa shape index (κ2) is 11.1. The number of piperidine rings is 1. The van der Waals surface area contributed by atoms with Crippen LogP contribution in [0.25, 0.3) is 0 Å². The van der Waals surface area contributed by atoms with Crippen molar-refractivity contribution in [3.05, 3.63) is 42.6 Å².